The second-order valence-corrected chi connectivity index (χ2v) is 9.62. The Hall–Kier alpha value is -3.16. The summed E-state index contributed by atoms with van der Waals surface area (Å²) in [5.41, 5.74) is 4.08. The Morgan fingerprint density at radius 1 is 1.09 bits per heavy atom. The van der Waals surface area contributed by atoms with Crippen LogP contribution in [0.4, 0.5) is 0 Å². The number of nitrogens with one attached hydrogen (secondary N) is 1. The van der Waals surface area contributed by atoms with E-state index in [1.807, 2.05) is 49.4 Å². The third kappa shape index (κ3) is 3.29. The lowest BCUT2D eigenvalue weighted by Crippen LogP contribution is -2.30. The van der Waals surface area contributed by atoms with Crippen LogP contribution in [0.5, 0.6) is 0 Å². The molecule has 2 aromatic carbocycles. The molecule has 0 saturated heterocycles. The summed E-state index contributed by atoms with van der Waals surface area (Å²) in [6, 6.07) is 16.9. The van der Waals surface area contributed by atoms with Crippen LogP contribution in [-0.4, -0.2) is 23.9 Å². The van der Waals surface area contributed by atoms with Crippen molar-refractivity contribution in [3.05, 3.63) is 92.9 Å². The van der Waals surface area contributed by atoms with Gasteiger partial charge in [0.15, 0.2) is 5.43 Å². The minimum atomic E-state index is -0.591. The summed E-state index contributed by atoms with van der Waals surface area (Å²) in [6.07, 6.45) is 0. The van der Waals surface area contributed by atoms with Crippen molar-refractivity contribution in [3.8, 4) is 10.4 Å². The number of carbonyl (C=O) groups excluding carboxylic acids is 2. The van der Waals surface area contributed by atoms with E-state index in [4.69, 9.17) is 4.74 Å². The molecule has 1 aromatic heterocycles. The standard InChI is InChI=1S/C25H19NO4S2/c1-13-20(24(28)30-2)21(22-17(26-13)12-31-25(22)29)16-10-6-9-15-18(27)11-19(32-23(15)16)14-7-4-3-5-8-14/h3-11,21,26H,12H2,1-2H3. The number of allylic oxidation sites excluding steroid dienone is 1. The van der Waals surface area contributed by atoms with Gasteiger partial charge in [-0.15, -0.1) is 11.3 Å². The lowest BCUT2D eigenvalue weighted by atomic mass is 9.80. The van der Waals surface area contributed by atoms with Crippen molar-refractivity contribution in [1.82, 2.24) is 5.32 Å². The summed E-state index contributed by atoms with van der Waals surface area (Å²) in [4.78, 5) is 39.6. The van der Waals surface area contributed by atoms with E-state index in [2.05, 4.69) is 5.32 Å². The summed E-state index contributed by atoms with van der Waals surface area (Å²) < 4.78 is 5.86. The number of hydrogen-bond donors (Lipinski definition) is 1. The number of ether oxygens (including phenoxy) is 1. The van der Waals surface area contributed by atoms with Crippen molar-refractivity contribution < 1.29 is 14.3 Å². The highest BCUT2D eigenvalue weighted by atomic mass is 32.2. The zero-order chi connectivity index (χ0) is 22.4. The van der Waals surface area contributed by atoms with Crippen molar-refractivity contribution in [2.45, 2.75) is 12.8 Å². The zero-order valence-corrected chi connectivity index (χ0v) is 19.1. The molecule has 3 heterocycles. The Labute approximate surface area is 192 Å². The highest BCUT2D eigenvalue weighted by Gasteiger charge is 2.41. The molecule has 0 spiro atoms. The summed E-state index contributed by atoms with van der Waals surface area (Å²) >= 11 is 2.72. The van der Waals surface area contributed by atoms with Crippen molar-refractivity contribution in [2.24, 2.45) is 0 Å². The Morgan fingerprint density at radius 3 is 2.62 bits per heavy atom. The summed E-state index contributed by atoms with van der Waals surface area (Å²) in [6.45, 7) is 1.82. The predicted molar refractivity (Wildman–Crippen MR) is 129 cm³/mol. The van der Waals surface area contributed by atoms with Gasteiger partial charge in [0.1, 0.15) is 0 Å². The first kappa shape index (κ1) is 20.7. The normalized spacial score (nSPS) is 18.1. The van der Waals surface area contributed by atoms with Crippen LogP contribution >= 0.6 is 23.1 Å². The molecule has 0 amide bonds. The number of rotatable bonds is 3. The van der Waals surface area contributed by atoms with Gasteiger partial charge < -0.3 is 10.1 Å². The maximum Gasteiger partial charge on any atom is 0.336 e. The van der Waals surface area contributed by atoms with Gasteiger partial charge in [0, 0.05) is 43.7 Å². The van der Waals surface area contributed by atoms with Gasteiger partial charge in [-0.05, 0) is 24.1 Å². The van der Waals surface area contributed by atoms with Gasteiger partial charge in [0.25, 0.3) is 0 Å². The lowest BCUT2D eigenvalue weighted by molar-refractivity contribution is -0.136. The highest BCUT2D eigenvalue weighted by Crippen LogP contribution is 2.47. The Balaban J connectivity index is 1.81. The number of benzene rings is 2. The first-order chi connectivity index (χ1) is 15.5. The van der Waals surface area contributed by atoms with Crippen LogP contribution < -0.4 is 10.7 Å². The third-order valence-corrected chi connectivity index (χ3v) is 7.92. The average molecular weight is 462 g/mol. The number of hydrogen-bond acceptors (Lipinski definition) is 7. The molecular formula is C25H19NO4S2. The number of dihydropyridines is 1. The molecule has 5 nitrogen and oxygen atoms in total. The monoisotopic (exact) mass is 461 g/mol. The third-order valence-electron chi connectivity index (χ3n) is 5.77. The van der Waals surface area contributed by atoms with E-state index in [1.54, 1.807) is 12.1 Å². The van der Waals surface area contributed by atoms with Crippen LogP contribution in [0.3, 0.4) is 0 Å². The van der Waals surface area contributed by atoms with Crippen molar-refractivity contribution in [1.29, 1.82) is 0 Å². The molecule has 0 bridgehead atoms. The van der Waals surface area contributed by atoms with E-state index in [0.717, 1.165) is 26.4 Å². The van der Waals surface area contributed by atoms with Crippen molar-refractivity contribution in [3.63, 3.8) is 0 Å². The second-order valence-electron chi connectivity index (χ2n) is 7.62. The summed E-state index contributed by atoms with van der Waals surface area (Å²) in [7, 11) is 1.34. The number of methoxy groups -OCH3 is 1. The largest absolute Gasteiger partial charge is 0.466 e. The SMILES string of the molecule is COC(=O)C1=C(C)NC2=C(C(=O)SC2)C1c1cccc2c(=O)cc(-c3ccccc3)sc12. The minimum Gasteiger partial charge on any atom is -0.466 e. The van der Waals surface area contributed by atoms with Gasteiger partial charge in [-0.1, -0.05) is 54.2 Å². The topological polar surface area (TPSA) is 72.5 Å². The smallest absolute Gasteiger partial charge is 0.336 e. The lowest BCUT2D eigenvalue weighted by Gasteiger charge is -2.29. The molecule has 7 heteroatoms. The molecular weight excluding hydrogens is 442 g/mol. The molecule has 2 aliphatic heterocycles. The molecule has 160 valence electrons. The molecule has 32 heavy (non-hydrogen) atoms. The fraction of sp³-hybridized carbons (Fsp3) is 0.160. The van der Waals surface area contributed by atoms with Crippen LogP contribution in [-0.2, 0) is 14.3 Å². The van der Waals surface area contributed by atoms with E-state index < -0.39 is 11.9 Å². The van der Waals surface area contributed by atoms with E-state index in [-0.39, 0.29) is 10.5 Å². The number of esters is 1. The number of carbonyl (C=O) groups is 2. The first-order valence-corrected chi connectivity index (χ1v) is 11.9. The van der Waals surface area contributed by atoms with Crippen LogP contribution in [0.2, 0.25) is 0 Å². The maximum absolute atomic E-state index is 13.0. The minimum absolute atomic E-state index is 0.0602. The van der Waals surface area contributed by atoms with E-state index in [0.29, 0.717) is 28.0 Å². The summed E-state index contributed by atoms with van der Waals surface area (Å²) in [5.74, 6) is -0.543. The Kier molecular flexibility index (Phi) is 5.23. The second kappa shape index (κ2) is 8.07. The Bertz CT molecular complexity index is 1400. The van der Waals surface area contributed by atoms with Gasteiger partial charge in [0.05, 0.1) is 18.6 Å². The Morgan fingerprint density at radius 2 is 1.88 bits per heavy atom. The van der Waals surface area contributed by atoms with Gasteiger partial charge in [0.2, 0.25) is 5.12 Å². The molecule has 1 atom stereocenters. The molecule has 2 aliphatic rings. The van der Waals surface area contributed by atoms with Crippen molar-refractivity contribution >= 4 is 44.3 Å². The molecule has 0 aliphatic carbocycles. The van der Waals surface area contributed by atoms with Crippen molar-refractivity contribution in [2.75, 3.05) is 12.9 Å². The van der Waals surface area contributed by atoms with E-state index >= 15 is 0 Å². The summed E-state index contributed by atoms with van der Waals surface area (Å²) in [5, 5.41) is 3.75. The van der Waals surface area contributed by atoms with Crippen LogP contribution in [0.1, 0.15) is 18.4 Å². The number of thioether (sulfide) groups is 1. The van der Waals surface area contributed by atoms with Crippen LogP contribution in [0.25, 0.3) is 20.5 Å². The van der Waals surface area contributed by atoms with Gasteiger partial charge in [-0.25, -0.2) is 4.79 Å². The molecule has 0 saturated carbocycles. The van der Waals surface area contributed by atoms with Gasteiger partial charge in [-0.3, -0.25) is 9.59 Å². The molecule has 0 radical (unpaired) electrons. The van der Waals surface area contributed by atoms with Crippen LogP contribution in [0, 0.1) is 0 Å². The van der Waals surface area contributed by atoms with E-state index in [1.165, 1.54) is 30.2 Å². The van der Waals surface area contributed by atoms with E-state index in [9.17, 15) is 14.4 Å². The quantitative estimate of drug-likeness (QED) is 0.575. The first-order valence-electron chi connectivity index (χ1n) is 10.1. The maximum atomic E-state index is 13.0. The number of fused-ring (bicyclic) bond motifs is 1. The molecule has 1 N–H and O–H groups in total. The van der Waals surface area contributed by atoms with Gasteiger partial charge in [-0.2, -0.15) is 0 Å². The fourth-order valence-electron chi connectivity index (χ4n) is 4.33. The average Bonchev–Trinajstić information content (AvgIpc) is 3.18. The molecule has 1 unspecified atom stereocenters. The highest BCUT2D eigenvalue weighted by molar-refractivity contribution is 8.14. The predicted octanol–water partition coefficient (Wildman–Crippen LogP) is 4.59. The van der Waals surface area contributed by atoms with Crippen LogP contribution in [0.15, 0.2) is 81.9 Å². The molecule has 5 rings (SSSR count). The molecule has 3 aromatic rings. The molecule has 0 fully saturated rings. The fourth-order valence-corrected chi connectivity index (χ4v) is 6.45. The zero-order valence-electron chi connectivity index (χ0n) is 17.4. The van der Waals surface area contributed by atoms with Gasteiger partial charge >= 0.3 is 5.97 Å².